The summed E-state index contributed by atoms with van der Waals surface area (Å²) < 4.78 is 2.48. The fourth-order valence-electron chi connectivity index (χ4n) is 4.83. The minimum atomic E-state index is 0.250. The summed E-state index contributed by atoms with van der Waals surface area (Å²) in [5, 5.41) is 9.51. The van der Waals surface area contributed by atoms with Crippen LogP contribution in [0.25, 0.3) is 16.9 Å². The second-order valence-corrected chi connectivity index (χ2v) is 9.83. The first-order valence-electron chi connectivity index (χ1n) is 13.2. The number of allylic oxidation sites excluding steroid dienone is 1. The molecule has 0 fully saturated rings. The molecule has 4 rings (SSSR count). The van der Waals surface area contributed by atoms with Gasteiger partial charge in [0.2, 0.25) is 0 Å². The molecule has 2 aromatic carbocycles. The van der Waals surface area contributed by atoms with E-state index in [-0.39, 0.29) is 5.76 Å². The van der Waals surface area contributed by atoms with Crippen LogP contribution in [0.1, 0.15) is 76.6 Å². The maximum atomic E-state index is 9.51. The van der Waals surface area contributed by atoms with Gasteiger partial charge < -0.3 is 9.67 Å². The third-order valence-electron chi connectivity index (χ3n) is 7.32. The number of nitrogens with zero attached hydrogens (tertiary/aromatic N) is 1. The molecule has 0 aliphatic heterocycles. The second-order valence-electron chi connectivity index (χ2n) is 9.83. The number of rotatable bonds is 8. The highest BCUT2D eigenvalue weighted by atomic mass is 16.3. The summed E-state index contributed by atoms with van der Waals surface area (Å²) in [6.07, 6.45) is 8.89. The molecule has 0 saturated carbocycles. The van der Waals surface area contributed by atoms with Crippen molar-refractivity contribution in [3.8, 4) is 16.9 Å². The summed E-state index contributed by atoms with van der Waals surface area (Å²) in [4.78, 5) is 0. The third-order valence-corrected chi connectivity index (χ3v) is 7.32. The largest absolute Gasteiger partial charge is 0.513 e. The zero-order valence-corrected chi connectivity index (χ0v) is 21.7. The Morgan fingerprint density at radius 3 is 2.41 bits per heavy atom. The molecular formula is C32H43NO. The molecule has 2 nitrogen and oxygen atoms in total. The fraction of sp³-hybridized carbons (Fsp3) is 0.438. The van der Waals surface area contributed by atoms with Crippen LogP contribution in [0, 0.1) is 11.8 Å². The van der Waals surface area contributed by atoms with E-state index < -0.39 is 0 Å². The number of aliphatic hydroxyl groups excluding tert-OH is 1. The summed E-state index contributed by atoms with van der Waals surface area (Å²) in [5.74, 6) is 1.81. The Hall–Kier alpha value is -2.74. The van der Waals surface area contributed by atoms with Crippen LogP contribution in [0.5, 0.6) is 0 Å². The van der Waals surface area contributed by atoms with Crippen LogP contribution in [-0.4, -0.2) is 9.67 Å². The minimum absolute atomic E-state index is 0.250. The van der Waals surface area contributed by atoms with Gasteiger partial charge in [0.1, 0.15) is 0 Å². The molecule has 182 valence electrons. The molecule has 2 heteroatoms. The molecule has 0 saturated heterocycles. The normalized spacial score (nSPS) is 15.7. The number of aliphatic hydroxyl groups is 1. The van der Waals surface area contributed by atoms with Crippen LogP contribution in [0.2, 0.25) is 0 Å². The quantitative estimate of drug-likeness (QED) is 0.335. The van der Waals surface area contributed by atoms with Crippen LogP contribution in [0.15, 0.2) is 73.0 Å². The maximum absolute atomic E-state index is 9.51. The summed E-state index contributed by atoms with van der Waals surface area (Å²) in [6.45, 7) is 12.7. The van der Waals surface area contributed by atoms with Crippen LogP contribution in [-0.2, 0) is 19.3 Å². The highest BCUT2D eigenvalue weighted by Gasteiger charge is 2.27. The van der Waals surface area contributed by atoms with Crippen molar-refractivity contribution in [1.82, 2.24) is 4.57 Å². The van der Waals surface area contributed by atoms with Gasteiger partial charge in [-0.3, -0.25) is 0 Å². The molecule has 0 bridgehead atoms. The molecule has 2 atom stereocenters. The van der Waals surface area contributed by atoms with Gasteiger partial charge >= 0.3 is 0 Å². The van der Waals surface area contributed by atoms with Gasteiger partial charge in [-0.1, -0.05) is 96.0 Å². The van der Waals surface area contributed by atoms with Crippen molar-refractivity contribution in [3.63, 3.8) is 0 Å². The van der Waals surface area contributed by atoms with Gasteiger partial charge in [-0.15, -0.1) is 0 Å². The lowest BCUT2D eigenvalue weighted by Crippen LogP contribution is -2.21. The summed E-state index contributed by atoms with van der Waals surface area (Å²) in [6, 6.07) is 21.9. The number of aromatic nitrogens is 1. The SMILES string of the molecule is C=C(O)CCc1cccc(-n2c(-c3ccccc3)cc3c2CCC(C(C)CC)C3)c1.CCCC. The summed E-state index contributed by atoms with van der Waals surface area (Å²) in [5.41, 5.74) is 7.99. The maximum Gasteiger partial charge on any atom is 0.0854 e. The van der Waals surface area contributed by atoms with E-state index >= 15 is 0 Å². The lowest BCUT2D eigenvalue weighted by molar-refractivity contribution is 0.311. The molecule has 0 spiro atoms. The molecule has 1 aliphatic rings. The van der Waals surface area contributed by atoms with Crippen LogP contribution in [0.3, 0.4) is 0 Å². The monoisotopic (exact) mass is 457 g/mol. The third kappa shape index (κ3) is 6.44. The predicted molar refractivity (Wildman–Crippen MR) is 147 cm³/mol. The van der Waals surface area contributed by atoms with Crippen LogP contribution in [0.4, 0.5) is 0 Å². The van der Waals surface area contributed by atoms with Crippen molar-refractivity contribution >= 4 is 0 Å². The van der Waals surface area contributed by atoms with Crippen molar-refractivity contribution < 1.29 is 5.11 Å². The Labute approximate surface area is 207 Å². The molecule has 3 aromatic rings. The molecule has 0 amide bonds. The van der Waals surface area contributed by atoms with Crippen molar-refractivity contribution in [1.29, 1.82) is 0 Å². The van der Waals surface area contributed by atoms with Crippen molar-refractivity contribution in [2.45, 2.75) is 79.1 Å². The Morgan fingerprint density at radius 1 is 1.03 bits per heavy atom. The molecule has 34 heavy (non-hydrogen) atoms. The Balaban J connectivity index is 0.000000751. The van der Waals surface area contributed by atoms with E-state index in [0.717, 1.165) is 24.7 Å². The van der Waals surface area contributed by atoms with Gasteiger partial charge in [-0.25, -0.2) is 0 Å². The number of hydrogen-bond acceptors (Lipinski definition) is 1. The lowest BCUT2D eigenvalue weighted by atomic mass is 9.79. The van der Waals surface area contributed by atoms with Gasteiger partial charge in [0.25, 0.3) is 0 Å². The molecule has 1 aromatic heterocycles. The van der Waals surface area contributed by atoms with E-state index in [1.54, 1.807) is 0 Å². The van der Waals surface area contributed by atoms with Gasteiger partial charge in [0.15, 0.2) is 0 Å². The van der Waals surface area contributed by atoms with E-state index in [9.17, 15) is 5.11 Å². The zero-order chi connectivity index (χ0) is 24.5. The number of unbranched alkanes of at least 4 members (excludes halogenated alkanes) is 1. The Bertz CT molecular complexity index is 1040. The lowest BCUT2D eigenvalue weighted by Gasteiger charge is -2.28. The Morgan fingerprint density at radius 2 is 1.76 bits per heavy atom. The van der Waals surface area contributed by atoms with Crippen molar-refractivity contribution in [2.75, 3.05) is 0 Å². The summed E-state index contributed by atoms with van der Waals surface area (Å²) >= 11 is 0. The molecule has 1 N–H and O–H groups in total. The minimum Gasteiger partial charge on any atom is -0.513 e. The van der Waals surface area contributed by atoms with Crippen LogP contribution < -0.4 is 0 Å². The molecule has 2 unspecified atom stereocenters. The zero-order valence-electron chi connectivity index (χ0n) is 21.7. The predicted octanol–water partition coefficient (Wildman–Crippen LogP) is 9.11. The van der Waals surface area contributed by atoms with E-state index in [1.807, 2.05) is 0 Å². The van der Waals surface area contributed by atoms with Crippen LogP contribution >= 0.6 is 0 Å². The highest BCUT2D eigenvalue weighted by molar-refractivity contribution is 5.66. The fourth-order valence-corrected chi connectivity index (χ4v) is 4.83. The average Bonchev–Trinajstić information content (AvgIpc) is 3.26. The Kier molecular flexibility index (Phi) is 9.62. The van der Waals surface area contributed by atoms with Gasteiger partial charge in [0.05, 0.1) is 11.5 Å². The number of hydrogen-bond donors (Lipinski definition) is 1. The number of benzene rings is 2. The highest BCUT2D eigenvalue weighted by Crippen LogP contribution is 2.38. The summed E-state index contributed by atoms with van der Waals surface area (Å²) in [7, 11) is 0. The molecule has 1 aliphatic carbocycles. The first-order chi connectivity index (χ1) is 16.5. The molecule has 1 heterocycles. The van der Waals surface area contributed by atoms with E-state index in [2.05, 4.69) is 99.5 Å². The first-order valence-corrected chi connectivity index (χ1v) is 13.2. The van der Waals surface area contributed by atoms with Gasteiger partial charge in [-0.05, 0) is 72.4 Å². The van der Waals surface area contributed by atoms with Gasteiger partial charge in [0, 0.05) is 17.8 Å². The molecule has 0 radical (unpaired) electrons. The number of fused-ring (bicyclic) bond motifs is 1. The molecular weight excluding hydrogens is 414 g/mol. The first kappa shape index (κ1) is 25.9. The topological polar surface area (TPSA) is 25.2 Å². The van der Waals surface area contributed by atoms with E-state index in [0.29, 0.717) is 6.42 Å². The average molecular weight is 458 g/mol. The van der Waals surface area contributed by atoms with E-state index in [4.69, 9.17) is 0 Å². The second kappa shape index (κ2) is 12.6. The smallest absolute Gasteiger partial charge is 0.0854 e. The van der Waals surface area contributed by atoms with E-state index in [1.165, 1.54) is 65.9 Å². The van der Waals surface area contributed by atoms with Crippen molar-refractivity contribution in [2.24, 2.45) is 11.8 Å². The standard InChI is InChI=1S/C28H33NO.C4H10/c1-4-20(2)24-15-16-27-25(18-24)19-28(23-10-6-5-7-11-23)29(27)26-12-8-9-22(17-26)14-13-21(3)30;1-3-4-2/h5-12,17,19-20,24,30H,3-4,13-16,18H2,1-2H3;3-4H2,1-2H3. The van der Waals surface area contributed by atoms with Gasteiger partial charge in [-0.2, -0.15) is 0 Å². The van der Waals surface area contributed by atoms with Crippen molar-refractivity contribution in [3.05, 3.63) is 89.8 Å². The number of aryl methyl sites for hydroxylation is 1.